The number of amides is 1. The van der Waals surface area contributed by atoms with Crippen LogP contribution in [0.1, 0.15) is 15.9 Å². The van der Waals surface area contributed by atoms with Crippen LogP contribution in [0, 0.1) is 6.92 Å². The van der Waals surface area contributed by atoms with Gasteiger partial charge in [0.05, 0.1) is 26.4 Å². The van der Waals surface area contributed by atoms with Crippen molar-refractivity contribution in [2.24, 2.45) is 0 Å². The van der Waals surface area contributed by atoms with Crippen molar-refractivity contribution in [1.29, 1.82) is 0 Å². The van der Waals surface area contributed by atoms with Crippen LogP contribution in [0.2, 0.25) is 0 Å². The van der Waals surface area contributed by atoms with Crippen LogP contribution in [0.3, 0.4) is 0 Å². The number of nitrogens with zero attached hydrogens (tertiary/aromatic N) is 3. The van der Waals surface area contributed by atoms with Gasteiger partial charge in [-0.25, -0.2) is 13.4 Å². The highest BCUT2D eigenvalue weighted by atomic mass is 32.2. The largest absolute Gasteiger partial charge is 0.345 e. The van der Waals surface area contributed by atoms with Gasteiger partial charge >= 0.3 is 0 Å². The van der Waals surface area contributed by atoms with Crippen LogP contribution in [0.15, 0.2) is 77.7 Å². The van der Waals surface area contributed by atoms with Gasteiger partial charge in [0.25, 0.3) is 15.9 Å². The van der Waals surface area contributed by atoms with Crippen LogP contribution in [0.25, 0.3) is 10.2 Å². The number of rotatable bonds is 5. The Morgan fingerprint density at radius 3 is 2.32 bits per heavy atom. The molecule has 1 aliphatic rings. The number of fused-ring (bicyclic) bond motifs is 1. The van der Waals surface area contributed by atoms with Crippen molar-refractivity contribution in [2.75, 3.05) is 35.8 Å². The summed E-state index contributed by atoms with van der Waals surface area (Å²) in [6, 6.07) is 21.4. The van der Waals surface area contributed by atoms with Gasteiger partial charge < -0.3 is 9.80 Å². The van der Waals surface area contributed by atoms with Crippen LogP contribution in [0.4, 0.5) is 10.8 Å². The van der Waals surface area contributed by atoms with Crippen molar-refractivity contribution >= 4 is 48.3 Å². The monoisotopic (exact) mass is 492 g/mol. The number of benzene rings is 3. The second-order valence-corrected chi connectivity index (χ2v) is 10.9. The summed E-state index contributed by atoms with van der Waals surface area (Å²) in [6.45, 7) is 4.31. The highest BCUT2D eigenvalue weighted by Gasteiger charge is 2.26. The van der Waals surface area contributed by atoms with Gasteiger partial charge in [-0.3, -0.25) is 9.52 Å². The predicted molar refractivity (Wildman–Crippen MR) is 136 cm³/mol. The van der Waals surface area contributed by atoms with Crippen LogP contribution in [-0.2, 0) is 10.0 Å². The van der Waals surface area contributed by atoms with E-state index in [9.17, 15) is 13.2 Å². The molecule has 3 aromatic carbocycles. The fraction of sp³-hybridized carbons (Fsp3) is 0.200. The molecule has 0 spiro atoms. The van der Waals surface area contributed by atoms with Crippen molar-refractivity contribution in [3.8, 4) is 0 Å². The summed E-state index contributed by atoms with van der Waals surface area (Å²) >= 11 is 1.65. The number of piperazine rings is 1. The van der Waals surface area contributed by atoms with E-state index < -0.39 is 10.0 Å². The van der Waals surface area contributed by atoms with Crippen LogP contribution in [0.5, 0.6) is 0 Å². The second kappa shape index (κ2) is 9.08. The lowest BCUT2D eigenvalue weighted by atomic mass is 10.1. The molecule has 1 amide bonds. The van der Waals surface area contributed by atoms with E-state index >= 15 is 0 Å². The topological polar surface area (TPSA) is 82.6 Å². The summed E-state index contributed by atoms with van der Waals surface area (Å²) in [4.78, 5) is 22.2. The van der Waals surface area contributed by atoms with Crippen molar-refractivity contribution in [3.05, 3.63) is 83.9 Å². The number of aryl methyl sites for hydroxylation is 1. The summed E-state index contributed by atoms with van der Waals surface area (Å²) in [7, 11) is -3.81. The Balaban J connectivity index is 1.30. The van der Waals surface area contributed by atoms with E-state index in [-0.39, 0.29) is 16.5 Å². The molecule has 0 aliphatic carbocycles. The number of aromatic nitrogens is 1. The molecule has 5 rings (SSSR count). The lowest BCUT2D eigenvalue weighted by molar-refractivity contribution is 0.0748. The van der Waals surface area contributed by atoms with Gasteiger partial charge in [0.15, 0.2) is 5.13 Å². The number of hydrogen-bond donors (Lipinski definition) is 1. The standard InChI is InChI=1S/C25H24N4O3S2/c1-18-10-12-19(13-11-18)34(31,32)27-21-7-3-2-6-20(21)24(30)28-14-16-29(17-15-28)25-26-22-8-4-5-9-23(22)33-25/h2-13,27H,14-17H2,1H3. The molecule has 1 fully saturated rings. The second-order valence-electron chi connectivity index (χ2n) is 8.21. The summed E-state index contributed by atoms with van der Waals surface area (Å²) in [5, 5.41) is 0.958. The van der Waals surface area contributed by atoms with Gasteiger partial charge in [-0.15, -0.1) is 0 Å². The maximum absolute atomic E-state index is 13.3. The van der Waals surface area contributed by atoms with Gasteiger partial charge in [0, 0.05) is 26.2 Å². The van der Waals surface area contributed by atoms with E-state index in [1.165, 1.54) is 0 Å². The normalized spacial score (nSPS) is 14.4. The molecule has 1 N–H and O–H groups in total. The molecule has 1 aromatic heterocycles. The molecular formula is C25H24N4O3S2. The Labute approximate surface area is 202 Å². The third-order valence-corrected chi connectivity index (χ3v) is 8.33. The Hall–Kier alpha value is -3.43. The van der Waals surface area contributed by atoms with Crippen molar-refractivity contribution < 1.29 is 13.2 Å². The van der Waals surface area contributed by atoms with E-state index in [4.69, 9.17) is 4.98 Å². The average molecular weight is 493 g/mol. The Morgan fingerprint density at radius 1 is 0.912 bits per heavy atom. The quantitative estimate of drug-likeness (QED) is 0.447. The maximum atomic E-state index is 13.3. The summed E-state index contributed by atoms with van der Waals surface area (Å²) in [6.07, 6.45) is 0. The first-order chi connectivity index (χ1) is 16.4. The fourth-order valence-corrected chi connectivity index (χ4v) is 6.04. The zero-order valence-electron chi connectivity index (χ0n) is 18.6. The summed E-state index contributed by atoms with van der Waals surface area (Å²) < 4.78 is 29.5. The lowest BCUT2D eigenvalue weighted by Gasteiger charge is -2.34. The van der Waals surface area contributed by atoms with Gasteiger partial charge in [-0.1, -0.05) is 53.3 Å². The predicted octanol–water partition coefficient (Wildman–Crippen LogP) is 4.37. The van der Waals surface area contributed by atoms with E-state index in [1.807, 2.05) is 25.1 Å². The molecule has 0 atom stereocenters. The van der Waals surface area contributed by atoms with Gasteiger partial charge in [0.1, 0.15) is 0 Å². The summed E-state index contributed by atoms with van der Waals surface area (Å²) in [5.41, 5.74) is 2.57. The van der Waals surface area contributed by atoms with E-state index in [2.05, 4.69) is 15.7 Å². The van der Waals surface area contributed by atoms with Crippen LogP contribution >= 0.6 is 11.3 Å². The number of anilines is 2. The number of nitrogens with one attached hydrogen (secondary N) is 1. The van der Waals surface area contributed by atoms with Gasteiger partial charge in [-0.05, 0) is 43.3 Å². The van der Waals surface area contributed by atoms with Gasteiger partial charge in [0.2, 0.25) is 0 Å². The maximum Gasteiger partial charge on any atom is 0.261 e. The molecule has 2 heterocycles. The Morgan fingerprint density at radius 2 is 1.59 bits per heavy atom. The Kier molecular flexibility index (Phi) is 5.97. The average Bonchev–Trinajstić information content (AvgIpc) is 3.29. The molecule has 9 heteroatoms. The number of hydrogen-bond acceptors (Lipinski definition) is 6. The number of carbonyl (C=O) groups is 1. The molecule has 0 radical (unpaired) electrons. The summed E-state index contributed by atoms with van der Waals surface area (Å²) in [5.74, 6) is -0.189. The van der Waals surface area contributed by atoms with Crippen molar-refractivity contribution in [1.82, 2.24) is 9.88 Å². The molecule has 1 aliphatic heterocycles. The molecule has 174 valence electrons. The first-order valence-corrected chi connectivity index (χ1v) is 13.3. The number of para-hydroxylation sites is 2. The first kappa shape index (κ1) is 22.4. The van der Waals surface area contributed by atoms with Crippen LogP contribution in [-0.4, -0.2) is 50.4 Å². The number of sulfonamides is 1. The minimum Gasteiger partial charge on any atom is -0.345 e. The first-order valence-electron chi connectivity index (χ1n) is 11.0. The smallest absolute Gasteiger partial charge is 0.261 e. The third-order valence-electron chi connectivity index (χ3n) is 5.85. The van der Waals surface area contributed by atoms with E-state index in [0.717, 1.165) is 20.9 Å². The zero-order chi connectivity index (χ0) is 23.7. The minimum absolute atomic E-state index is 0.157. The van der Waals surface area contributed by atoms with E-state index in [0.29, 0.717) is 31.7 Å². The lowest BCUT2D eigenvalue weighted by Crippen LogP contribution is -2.48. The van der Waals surface area contributed by atoms with E-state index in [1.54, 1.807) is 64.8 Å². The molecule has 7 nitrogen and oxygen atoms in total. The van der Waals surface area contributed by atoms with Crippen LogP contribution < -0.4 is 9.62 Å². The molecule has 4 aromatic rings. The highest BCUT2D eigenvalue weighted by molar-refractivity contribution is 7.92. The van der Waals surface area contributed by atoms with Crippen molar-refractivity contribution in [3.63, 3.8) is 0 Å². The Bertz CT molecular complexity index is 1410. The van der Waals surface area contributed by atoms with Crippen molar-refractivity contribution in [2.45, 2.75) is 11.8 Å². The zero-order valence-corrected chi connectivity index (χ0v) is 20.3. The SMILES string of the molecule is Cc1ccc(S(=O)(=O)Nc2ccccc2C(=O)N2CCN(c3nc4ccccc4s3)CC2)cc1. The molecule has 0 saturated carbocycles. The molecular weight excluding hydrogens is 468 g/mol. The van der Waals surface area contributed by atoms with Gasteiger partial charge in [-0.2, -0.15) is 0 Å². The number of thiazole rings is 1. The highest BCUT2D eigenvalue weighted by Crippen LogP contribution is 2.29. The fourth-order valence-electron chi connectivity index (χ4n) is 3.95. The molecule has 34 heavy (non-hydrogen) atoms. The third kappa shape index (κ3) is 4.49. The molecule has 1 saturated heterocycles. The number of carbonyl (C=O) groups excluding carboxylic acids is 1. The molecule has 0 unspecified atom stereocenters. The minimum atomic E-state index is -3.81. The molecule has 0 bridgehead atoms.